The summed E-state index contributed by atoms with van der Waals surface area (Å²) in [5.74, 6) is -0.146. The zero-order valence-corrected chi connectivity index (χ0v) is 10.7. The van der Waals surface area contributed by atoms with Crippen LogP contribution < -0.4 is 10.6 Å². The van der Waals surface area contributed by atoms with Gasteiger partial charge in [-0.15, -0.1) is 0 Å². The molecule has 0 radical (unpaired) electrons. The molecule has 2 heterocycles. The van der Waals surface area contributed by atoms with E-state index in [2.05, 4.69) is 20.5 Å². The highest BCUT2D eigenvalue weighted by molar-refractivity contribution is 5.93. The molecule has 1 aromatic rings. The number of carbonyl (C=O) groups excluding carboxylic acids is 1. The lowest BCUT2D eigenvalue weighted by molar-refractivity contribution is 0.0947. The van der Waals surface area contributed by atoms with E-state index in [0.29, 0.717) is 17.8 Å². The van der Waals surface area contributed by atoms with Crippen LogP contribution in [0.4, 0.5) is 0 Å². The Labute approximate surface area is 112 Å². The SMILES string of the molecule is N#Cc1ccc(C(=O)NCCN2CCNCC2)cn1. The van der Waals surface area contributed by atoms with E-state index in [1.54, 1.807) is 12.1 Å². The second-order valence-corrected chi connectivity index (χ2v) is 4.39. The highest BCUT2D eigenvalue weighted by Crippen LogP contribution is 1.99. The van der Waals surface area contributed by atoms with Gasteiger partial charge in [-0.2, -0.15) is 5.26 Å². The lowest BCUT2D eigenvalue weighted by atomic mass is 10.2. The monoisotopic (exact) mass is 259 g/mol. The Morgan fingerprint density at radius 3 is 2.89 bits per heavy atom. The van der Waals surface area contributed by atoms with Crippen LogP contribution in [0.25, 0.3) is 0 Å². The van der Waals surface area contributed by atoms with Gasteiger partial charge in [0.25, 0.3) is 5.91 Å². The fourth-order valence-electron chi connectivity index (χ4n) is 1.96. The van der Waals surface area contributed by atoms with E-state index in [1.165, 1.54) is 6.20 Å². The summed E-state index contributed by atoms with van der Waals surface area (Å²) in [4.78, 5) is 18.0. The average Bonchev–Trinajstić information content (AvgIpc) is 2.48. The number of nitrogens with one attached hydrogen (secondary N) is 2. The van der Waals surface area contributed by atoms with Gasteiger partial charge in [0.05, 0.1) is 5.56 Å². The summed E-state index contributed by atoms with van der Waals surface area (Å²) in [7, 11) is 0. The Hall–Kier alpha value is -1.97. The first-order valence-corrected chi connectivity index (χ1v) is 6.37. The molecule has 0 unspecified atom stereocenters. The summed E-state index contributed by atoms with van der Waals surface area (Å²) in [5, 5.41) is 14.8. The van der Waals surface area contributed by atoms with Crippen molar-refractivity contribution in [2.24, 2.45) is 0 Å². The number of carbonyl (C=O) groups is 1. The quantitative estimate of drug-likeness (QED) is 0.768. The number of pyridine rings is 1. The normalized spacial score (nSPS) is 15.7. The van der Waals surface area contributed by atoms with Crippen molar-refractivity contribution in [2.75, 3.05) is 39.3 Å². The molecule has 6 heteroatoms. The molecule has 1 aliphatic heterocycles. The van der Waals surface area contributed by atoms with E-state index >= 15 is 0 Å². The van der Waals surface area contributed by atoms with Crippen molar-refractivity contribution in [3.05, 3.63) is 29.6 Å². The Morgan fingerprint density at radius 1 is 1.47 bits per heavy atom. The first kappa shape index (κ1) is 13.5. The van der Waals surface area contributed by atoms with E-state index in [4.69, 9.17) is 5.26 Å². The molecule has 0 spiro atoms. The lowest BCUT2D eigenvalue weighted by Crippen LogP contribution is -2.46. The molecule has 0 aliphatic carbocycles. The van der Waals surface area contributed by atoms with Crippen molar-refractivity contribution >= 4 is 5.91 Å². The molecule has 0 bridgehead atoms. The van der Waals surface area contributed by atoms with Crippen molar-refractivity contribution in [3.63, 3.8) is 0 Å². The molecule has 1 saturated heterocycles. The topological polar surface area (TPSA) is 81.0 Å². The van der Waals surface area contributed by atoms with Gasteiger partial charge in [-0.25, -0.2) is 4.98 Å². The number of nitriles is 1. The van der Waals surface area contributed by atoms with E-state index in [1.807, 2.05) is 6.07 Å². The van der Waals surface area contributed by atoms with Crippen LogP contribution in [-0.2, 0) is 0 Å². The molecule has 2 rings (SSSR count). The molecule has 19 heavy (non-hydrogen) atoms. The van der Waals surface area contributed by atoms with E-state index in [-0.39, 0.29) is 5.91 Å². The number of aromatic nitrogens is 1. The molecule has 2 N–H and O–H groups in total. The van der Waals surface area contributed by atoms with E-state index < -0.39 is 0 Å². The Balaban J connectivity index is 1.75. The van der Waals surface area contributed by atoms with Crippen LogP contribution in [0.2, 0.25) is 0 Å². The van der Waals surface area contributed by atoms with Gasteiger partial charge in [0, 0.05) is 45.5 Å². The Bertz CT molecular complexity index is 459. The molecule has 1 fully saturated rings. The fourth-order valence-corrected chi connectivity index (χ4v) is 1.96. The number of hydrogen-bond acceptors (Lipinski definition) is 5. The number of nitrogens with zero attached hydrogens (tertiary/aromatic N) is 3. The van der Waals surface area contributed by atoms with Crippen LogP contribution in [0.15, 0.2) is 18.3 Å². The van der Waals surface area contributed by atoms with Crippen molar-refractivity contribution in [1.82, 2.24) is 20.5 Å². The molecule has 100 valence electrons. The van der Waals surface area contributed by atoms with Crippen LogP contribution in [0.3, 0.4) is 0 Å². The van der Waals surface area contributed by atoms with Crippen LogP contribution in [0.1, 0.15) is 16.1 Å². The van der Waals surface area contributed by atoms with Gasteiger partial charge in [0.1, 0.15) is 11.8 Å². The summed E-state index contributed by atoms with van der Waals surface area (Å²) in [6.45, 7) is 5.54. The van der Waals surface area contributed by atoms with E-state index in [9.17, 15) is 4.79 Å². The lowest BCUT2D eigenvalue weighted by Gasteiger charge is -2.27. The van der Waals surface area contributed by atoms with Crippen LogP contribution >= 0.6 is 0 Å². The van der Waals surface area contributed by atoms with Crippen molar-refractivity contribution in [3.8, 4) is 6.07 Å². The Morgan fingerprint density at radius 2 is 2.26 bits per heavy atom. The number of amides is 1. The smallest absolute Gasteiger partial charge is 0.252 e. The molecule has 1 aromatic heterocycles. The third-order valence-corrected chi connectivity index (χ3v) is 3.06. The number of rotatable bonds is 4. The minimum Gasteiger partial charge on any atom is -0.351 e. The predicted molar refractivity (Wildman–Crippen MR) is 70.6 cm³/mol. The summed E-state index contributed by atoms with van der Waals surface area (Å²) in [5.41, 5.74) is 0.802. The molecular weight excluding hydrogens is 242 g/mol. The summed E-state index contributed by atoms with van der Waals surface area (Å²) < 4.78 is 0. The molecule has 0 saturated carbocycles. The second kappa shape index (κ2) is 6.83. The van der Waals surface area contributed by atoms with E-state index in [0.717, 1.165) is 32.7 Å². The molecule has 1 aliphatic rings. The van der Waals surface area contributed by atoms with Gasteiger partial charge in [-0.05, 0) is 12.1 Å². The van der Waals surface area contributed by atoms with Crippen molar-refractivity contribution < 1.29 is 4.79 Å². The number of piperazine rings is 1. The largest absolute Gasteiger partial charge is 0.351 e. The summed E-state index contributed by atoms with van der Waals surface area (Å²) >= 11 is 0. The standard InChI is InChI=1S/C13H17N5O/c14-9-12-2-1-11(10-17-12)13(19)16-5-8-18-6-3-15-4-7-18/h1-2,10,15H,3-8H2,(H,16,19). The molecule has 1 amide bonds. The summed E-state index contributed by atoms with van der Waals surface area (Å²) in [6, 6.07) is 5.09. The minimum atomic E-state index is -0.146. The molecule has 0 atom stereocenters. The zero-order chi connectivity index (χ0) is 13.5. The first-order chi connectivity index (χ1) is 9.29. The van der Waals surface area contributed by atoms with Gasteiger partial charge in [0.15, 0.2) is 0 Å². The van der Waals surface area contributed by atoms with Gasteiger partial charge < -0.3 is 10.6 Å². The average molecular weight is 259 g/mol. The maximum atomic E-state index is 11.8. The molecule has 0 aromatic carbocycles. The Kier molecular flexibility index (Phi) is 4.84. The second-order valence-electron chi connectivity index (χ2n) is 4.39. The first-order valence-electron chi connectivity index (χ1n) is 6.37. The minimum absolute atomic E-state index is 0.146. The molecule has 6 nitrogen and oxygen atoms in total. The third kappa shape index (κ3) is 4.02. The number of hydrogen-bond donors (Lipinski definition) is 2. The predicted octanol–water partition coefficient (Wildman–Crippen LogP) is -0.412. The van der Waals surface area contributed by atoms with Gasteiger partial charge >= 0.3 is 0 Å². The maximum absolute atomic E-state index is 11.8. The highest BCUT2D eigenvalue weighted by Gasteiger charge is 2.10. The fraction of sp³-hybridized carbons (Fsp3) is 0.462. The van der Waals surface area contributed by atoms with Crippen molar-refractivity contribution in [1.29, 1.82) is 5.26 Å². The van der Waals surface area contributed by atoms with Gasteiger partial charge in [-0.3, -0.25) is 9.69 Å². The van der Waals surface area contributed by atoms with Crippen LogP contribution in [0.5, 0.6) is 0 Å². The zero-order valence-electron chi connectivity index (χ0n) is 10.7. The van der Waals surface area contributed by atoms with Gasteiger partial charge in [-0.1, -0.05) is 0 Å². The van der Waals surface area contributed by atoms with Crippen LogP contribution in [0, 0.1) is 11.3 Å². The van der Waals surface area contributed by atoms with Crippen LogP contribution in [-0.4, -0.2) is 55.1 Å². The van der Waals surface area contributed by atoms with Gasteiger partial charge in [0.2, 0.25) is 0 Å². The third-order valence-electron chi connectivity index (χ3n) is 3.06. The highest BCUT2D eigenvalue weighted by atomic mass is 16.1. The van der Waals surface area contributed by atoms with Crippen molar-refractivity contribution in [2.45, 2.75) is 0 Å². The molecular formula is C13H17N5O. The summed E-state index contributed by atoms with van der Waals surface area (Å²) in [6.07, 6.45) is 1.43. The maximum Gasteiger partial charge on any atom is 0.252 e.